The maximum Gasteiger partial charge on any atom is 0.339 e. The number of halogens is 1. The minimum Gasteiger partial charge on any atom is -0.465 e. The van der Waals surface area contributed by atoms with Crippen molar-refractivity contribution in [3.63, 3.8) is 0 Å². The fourth-order valence-corrected chi connectivity index (χ4v) is 1.53. The number of rotatable bonds is 2. The lowest BCUT2D eigenvalue weighted by atomic mass is 10.1. The molecule has 0 aliphatic rings. The number of aryl methyl sites for hydroxylation is 1. The first-order valence-electron chi connectivity index (χ1n) is 4.00. The number of non-ortho nitro benzene ring substituents is 1. The summed E-state index contributed by atoms with van der Waals surface area (Å²) in [7, 11) is 1.22. The number of hydrogen-bond donors (Lipinski definition) is 0. The normalized spacial score (nSPS) is 9.80. The van der Waals surface area contributed by atoms with E-state index in [1.165, 1.54) is 13.2 Å². The molecular weight excluding hydrogens is 222 g/mol. The molecular formula is C9H8ClNO4. The van der Waals surface area contributed by atoms with Gasteiger partial charge in [-0.2, -0.15) is 0 Å². The molecule has 5 nitrogen and oxygen atoms in total. The Labute approximate surface area is 90.8 Å². The van der Waals surface area contributed by atoms with Gasteiger partial charge in [-0.3, -0.25) is 10.1 Å². The Balaban J connectivity index is 3.33. The van der Waals surface area contributed by atoms with E-state index in [9.17, 15) is 14.9 Å². The third-order valence-electron chi connectivity index (χ3n) is 1.87. The van der Waals surface area contributed by atoms with Crippen LogP contribution < -0.4 is 0 Å². The molecule has 0 radical (unpaired) electrons. The number of benzene rings is 1. The summed E-state index contributed by atoms with van der Waals surface area (Å²) < 4.78 is 4.51. The molecule has 0 saturated carbocycles. The summed E-state index contributed by atoms with van der Waals surface area (Å²) in [4.78, 5) is 21.2. The highest BCUT2D eigenvalue weighted by Crippen LogP contribution is 2.26. The molecule has 0 aromatic heterocycles. The number of hydrogen-bond acceptors (Lipinski definition) is 4. The molecule has 0 aliphatic heterocycles. The summed E-state index contributed by atoms with van der Waals surface area (Å²) in [5.41, 5.74) is 0.427. The van der Waals surface area contributed by atoms with Crippen LogP contribution in [0.15, 0.2) is 12.1 Å². The van der Waals surface area contributed by atoms with Crippen molar-refractivity contribution in [1.29, 1.82) is 0 Å². The molecule has 80 valence electrons. The first-order valence-corrected chi connectivity index (χ1v) is 4.38. The zero-order chi connectivity index (χ0) is 11.6. The van der Waals surface area contributed by atoms with E-state index in [0.29, 0.717) is 5.56 Å². The van der Waals surface area contributed by atoms with Crippen LogP contribution in [0.3, 0.4) is 0 Å². The Hall–Kier alpha value is -1.62. The molecule has 0 atom stereocenters. The maximum atomic E-state index is 11.3. The average molecular weight is 230 g/mol. The third kappa shape index (κ3) is 2.24. The Bertz CT molecular complexity index is 407. The largest absolute Gasteiger partial charge is 0.465 e. The van der Waals surface area contributed by atoms with Gasteiger partial charge in [0.1, 0.15) is 0 Å². The number of esters is 1. The first-order chi connectivity index (χ1) is 6.97. The Morgan fingerprint density at radius 1 is 1.53 bits per heavy atom. The number of nitro benzene ring substituents is 1. The molecule has 0 N–H and O–H groups in total. The highest BCUT2D eigenvalue weighted by molar-refractivity contribution is 6.34. The fourth-order valence-electron chi connectivity index (χ4n) is 1.19. The summed E-state index contributed by atoms with van der Waals surface area (Å²) in [6.07, 6.45) is 0. The zero-order valence-corrected chi connectivity index (χ0v) is 8.87. The van der Waals surface area contributed by atoms with Gasteiger partial charge in [-0.05, 0) is 12.5 Å². The van der Waals surface area contributed by atoms with E-state index in [0.717, 1.165) is 6.07 Å². The van der Waals surface area contributed by atoms with E-state index in [1.54, 1.807) is 6.92 Å². The summed E-state index contributed by atoms with van der Waals surface area (Å²) in [6.45, 7) is 1.56. The van der Waals surface area contributed by atoms with Gasteiger partial charge >= 0.3 is 5.97 Å². The topological polar surface area (TPSA) is 69.4 Å². The van der Waals surface area contributed by atoms with E-state index in [2.05, 4.69) is 4.74 Å². The van der Waals surface area contributed by atoms with Gasteiger partial charge in [-0.15, -0.1) is 0 Å². The number of nitrogens with zero attached hydrogens (tertiary/aromatic N) is 1. The second kappa shape index (κ2) is 4.27. The summed E-state index contributed by atoms with van der Waals surface area (Å²) in [5, 5.41) is 10.5. The molecule has 1 rings (SSSR count). The van der Waals surface area contributed by atoms with Gasteiger partial charge in [0.05, 0.1) is 22.6 Å². The van der Waals surface area contributed by atoms with Crippen molar-refractivity contribution in [2.24, 2.45) is 0 Å². The predicted octanol–water partition coefficient (Wildman–Crippen LogP) is 2.34. The molecule has 1 aromatic rings. The van der Waals surface area contributed by atoms with Gasteiger partial charge in [-0.1, -0.05) is 11.6 Å². The number of ether oxygens (including phenoxy) is 1. The van der Waals surface area contributed by atoms with E-state index in [4.69, 9.17) is 11.6 Å². The van der Waals surface area contributed by atoms with Crippen molar-refractivity contribution >= 4 is 23.3 Å². The molecule has 15 heavy (non-hydrogen) atoms. The van der Waals surface area contributed by atoms with Crippen molar-refractivity contribution < 1.29 is 14.5 Å². The average Bonchev–Trinajstić information content (AvgIpc) is 2.16. The van der Waals surface area contributed by atoms with Gasteiger partial charge in [0, 0.05) is 12.1 Å². The molecule has 0 saturated heterocycles. The molecule has 0 heterocycles. The predicted molar refractivity (Wildman–Crippen MR) is 54.2 cm³/mol. The monoisotopic (exact) mass is 229 g/mol. The minimum absolute atomic E-state index is 0.0218. The second-order valence-corrected chi connectivity index (χ2v) is 3.28. The van der Waals surface area contributed by atoms with E-state index in [-0.39, 0.29) is 16.3 Å². The highest BCUT2D eigenvalue weighted by atomic mass is 35.5. The molecule has 0 fully saturated rings. The lowest BCUT2D eigenvalue weighted by Gasteiger charge is -2.05. The van der Waals surface area contributed by atoms with Crippen LogP contribution in [-0.2, 0) is 4.74 Å². The second-order valence-electron chi connectivity index (χ2n) is 2.87. The molecule has 0 spiro atoms. The van der Waals surface area contributed by atoms with Crippen LogP contribution in [0.2, 0.25) is 5.02 Å². The molecule has 0 unspecified atom stereocenters. The molecule has 6 heteroatoms. The number of carbonyl (C=O) groups excluding carboxylic acids is 1. The van der Waals surface area contributed by atoms with Crippen molar-refractivity contribution in [2.45, 2.75) is 6.92 Å². The van der Waals surface area contributed by atoms with Gasteiger partial charge in [0.15, 0.2) is 0 Å². The first kappa shape index (κ1) is 11.5. The van der Waals surface area contributed by atoms with E-state index >= 15 is 0 Å². The Kier molecular flexibility index (Phi) is 3.26. The number of carbonyl (C=O) groups is 1. The van der Waals surface area contributed by atoms with Crippen LogP contribution in [0.25, 0.3) is 0 Å². The highest BCUT2D eigenvalue weighted by Gasteiger charge is 2.18. The number of methoxy groups -OCH3 is 1. The summed E-state index contributed by atoms with van der Waals surface area (Å²) in [6, 6.07) is 2.40. The maximum absolute atomic E-state index is 11.3. The van der Waals surface area contributed by atoms with Crippen molar-refractivity contribution in [3.8, 4) is 0 Å². The lowest BCUT2D eigenvalue weighted by molar-refractivity contribution is -0.384. The Morgan fingerprint density at radius 3 is 2.53 bits per heavy atom. The zero-order valence-electron chi connectivity index (χ0n) is 8.11. The van der Waals surface area contributed by atoms with Crippen molar-refractivity contribution in [3.05, 3.63) is 38.4 Å². The van der Waals surface area contributed by atoms with Gasteiger partial charge in [-0.25, -0.2) is 4.79 Å². The molecule has 0 bridgehead atoms. The molecule has 1 aromatic carbocycles. The van der Waals surface area contributed by atoms with Crippen molar-refractivity contribution in [2.75, 3.05) is 7.11 Å². The van der Waals surface area contributed by atoms with Crippen LogP contribution in [0.1, 0.15) is 15.9 Å². The van der Waals surface area contributed by atoms with Gasteiger partial charge in [0.25, 0.3) is 5.69 Å². The lowest BCUT2D eigenvalue weighted by Crippen LogP contribution is -2.05. The summed E-state index contributed by atoms with van der Waals surface area (Å²) >= 11 is 5.75. The van der Waals surface area contributed by atoms with Crippen LogP contribution in [0.5, 0.6) is 0 Å². The van der Waals surface area contributed by atoms with Crippen LogP contribution in [0.4, 0.5) is 5.69 Å². The number of nitro groups is 1. The quantitative estimate of drug-likeness (QED) is 0.443. The van der Waals surface area contributed by atoms with Crippen molar-refractivity contribution in [1.82, 2.24) is 0 Å². The standard InChI is InChI=1S/C9H8ClNO4/c1-5-3-6(11(13)14)4-7(10)8(5)9(12)15-2/h3-4H,1-2H3. The fraction of sp³-hybridized carbons (Fsp3) is 0.222. The third-order valence-corrected chi connectivity index (χ3v) is 2.17. The molecule has 0 amide bonds. The van der Waals surface area contributed by atoms with Gasteiger partial charge < -0.3 is 4.74 Å². The van der Waals surface area contributed by atoms with Crippen LogP contribution in [0, 0.1) is 17.0 Å². The van der Waals surface area contributed by atoms with Crippen LogP contribution >= 0.6 is 11.6 Å². The van der Waals surface area contributed by atoms with Crippen LogP contribution in [-0.4, -0.2) is 18.0 Å². The molecule has 0 aliphatic carbocycles. The smallest absolute Gasteiger partial charge is 0.339 e. The summed E-state index contributed by atoms with van der Waals surface area (Å²) in [5.74, 6) is -0.604. The van der Waals surface area contributed by atoms with E-state index in [1.807, 2.05) is 0 Å². The van der Waals surface area contributed by atoms with Gasteiger partial charge in [0.2, 0.25) is 0 Å². The SMILES string of the molecule is COC(=O)c1c(C)cc([N+](=O)[O-])cc1Cl. The van der Waals surface area contributed by atoms with E-state index < -0.39 is 10.9 Å². The Morgan fingerprint density at radius 2 is 2.13 bits per heavy atom. The minimum atomic E-state index is -0.604.